The zero-order valence-electron chi connectivity index (χ0n) is 22.1. The Morgan fingerprint density at radius 1 is 0.816 bits per heavy atom. The molecule has 0 saturated carbocycles. The second kappa shape index (κ2) is 9.69. The molecule has 38 heavy (non-hydrogen) atoms. The van der Waals surface area contributed by atoms with Crippen LogP contribution >= 0.6 is 0 Å². The summed E-state index contributed by atoms with van der Waals surface area (Å²) in [4.78, 5) is 66.0. The standard InChI is InChI=1S/C13H16BN2O3.C13H14N2O3.Al/c1-13(2,3)14-16-11(18)8-5-4-7(10(15)17)6-9(8)12(16)19;1-13(2,3)15-11(17)8-5-4-7(10(14)16)6-9(8)12(15)18;/h4-6,11,18H,1-3H3,(H2,15,17);4-6H,1-3H3,(H2,14,16);/q;;+2/p-2. The average Bonchev–Trinajstić information content (AvgIpc) is 3.22. The van der Waals surface area contributed by atoms with E-state index in [1.165, 1.54) is 40.0 Å². The van der Waals surface area contributed by atoms with Crippen molar-refractivity contribution in [3.05, 3.63) is 69.8 Å². The lowest BCUT2D eigenvalue weighted by Crippen LogP contribution is -2.45. The summed E-state index contributed by atoms with van der Waals surface area (Å²) < 4.78 is 5.29. The second-order valence-electron chi connectivity index (χ2n) is 11.4. The Bertz CT molecular complexity index is 1380. The third-order valence-corrected chi connectivity index (χ3v) is 6.89. The second-order valence-corrected chi connectivity index (χ2v) is 12.2. The van der Waals surface area contributed by atoms with Gasteiger partial charge in [-0.05, 0) is 56.4 Å². The van der Waals surface area contributed by atoms with Crippen LogP contribution in [0.3, 0.4) is 0 Å². The van der Waals surface area contributed by atoms with Gasteiger partial charge in [-0.15, -0.1) is 0 Å². The van der Waals surface area contributed by atoms with Crippen molar-refractivity contribution in [2.24, 2.45) is 0 Å². The van der Waals surface area contributed by atoms with E-state index in [0.717, 1.165) is 0 Å². The number of hydrogen-bond donors (Lipinski definition) is 3. The summed E-state index contributed by atoms with van der Waals surface area (Å²) in [6.07, 6.45) is -1.12. The first-order valence-corrected chi connectivity index (χ1v) is 13.2. The molecule has 194 valence electrons. The lowest BCUT2D eigenvalue weighted by atomic mass is 9.63. The Balaban J connectivity index is 1.39. The smallest absolute Gasteiger partial charge is 0.430 e. The molecular weight excluding hydrogens is 502 g/mol. The van der Waals surface area contributed by atoms with Crippen LogP contribution in [0.2, 0.25) is 5.31 Å². The predicted octanol–water partition coefficient (Wildman–Crippen LogP) is 2.06. The summed E-state index contributed by atoms with van der Waals surface area (Å²) in [5.41, 5.74) is 0.778. The van der Waals surface area contributed by atoms with Gasteiger partial charge in [-0.1, -0.05) is 26.8 Å². The van der Waals surface area contributed by atoms with Gasteiger partial charge < -0.3 is 18.5 Å². The number of aliphatic hydroxyl groups is 1. The monoisotopic (exact) mass is 530 g/mol. The maximum atomic E-state index is 12.8. The van der Waals surface area contributed by atoms with Gasteiger partial charge in [0.2, 0.25) is 17.7 Å². The van der Waals surface area contributed by atoms with E-state index in [-0.39, 0.29) is 33.1 Å². The number of fused-ring (bicyclic) bond motifs is 2. The van der Waals surface area contributed by atoms with Crippen molar-refractivity contribution < 1.29 is 29.1 Å². The zero-order chi connectivity index (χ0) is 28.2. The van der Waals surface area contributed by atoms with Crippen LogP contribution in [-0.4, -0.2) is 73.0 Å². The summed E-state index contributed by atoms with van der Waals surface area (Å²) >= 11 is -1.06. The Morgan fingerprint density at radius 3 is 1.89 bits per heavy atom. The van der Waals surface area contributed by atoms with Crippen LogP contribution in [0.15, 0.2) is 36.4 Å². The van der Waals surface area contributed by atoms with Crippen LogP contribution in [0.25, 0.3) is 0 Å². The zero-order valence-corrected chi connectivity index (χ0v) is 23.2. The Morgan fingerprint density at radius 2 is 1.34 bits per heavy atom. The van der Waals surface area contributed by atoms with Gasteiger partial charge in [-0.2, -0.15) is 0 Å². The van der Waals surface area contributed by atoms with Gasteiger partial charge in [0.05, 0.1) is 11.1 Å². The molecule has 2 heterocycles. The summed E-state index contributed by atoms with van der Waals surface area (Å²) in [6, 6.07) is 8.79. The molecule has 2 aliphatic heterocycles. The van der Waals surface area contributed by atoms with Gasteiger partial charge >= 0.3 is 15.7 Å². The first-order chi connectivity index (χ1) is 17.6. The van der Waals surface area contributed by atoms with Crippen LogP contribution in [0, 0.1) is 0 Å². The Hall–Kier alpha value is -3.45. The number of amides is 5. The number of rotatable bonds is 5. The van der Waals surface area contributed by atoms with Crippen LogP contribution < -0.4 is 8.60 Å². The van der Waals surface area contributed by atoms with Gasteiger partial charge in [0.1, 0.15) is 6.23 Å². The van der Waals surface area contributed by atoms with E-state index >= 15 is 0 Å². The van der Waals surface area contributed by atoms with E-state index in [2.05, 4.69) is 8.60 Å². The highest BCUT2D eigenvalue weighted by molar-refractivity contribution is 6.43. The van der Waals surface area contributed by atoms with E-state index < -0.39 is 57.0 Å². The quantitative estimate of drug-likeness (QED) is 0.400. The van der Waals surface area contributed by atoms with E-state index in [0.29, 0.717) is 5.56 Å². The molecule has 0 bridgehead atoms. The van der Waals surface area contributed by atoms with Gasteiger partial charge in [-0.25, -0.2) is 0 Å². The highest BCUT2D eigenvalue weighted by atomic mass is 27.1. The fourth-order valence-electron chi connectivity index (χ4n) is 4.38. The minimum Gasteiger partial charge on any atom is -0.430 e. The lowest BCUT2D eigenvalue weighted by Gasteiger charge is -2.29. The van der Waals surface area contributed by atoms with Crippen molar-refractivity contribution >= 4 is 52.6 Å². The van der Waals surface area contributed by atoms with Gasteiger partial charge in [0.15, 0.2) is 0 Å². The minimum atomic E-state index is -1.12. The molecule has 0 aromatic heterocycles. The molecule has 0 fully saturated rings. The van der Waals surface area contributed by atoms with Crippen molar-refractivity contribution in [1.82, 2.24) is 18.3 Å². The number of nitrogens with zero attached hydrogens (tertiary/aromatic N) is 2. The fourth-order valence-corrected chi connectivity index (χ4v) is 5.05. The third-order valence-electron chi connectivity index (χ3n) is 6.07. The summed E-state index contributed by atoms with van der Waals surface area (Å²) in [6.45, 7) is 11.0. The number of carbonyl (C=O) groups is 5. The lowest BCUT2D eigenvalue weighted by molar-refractivity contribution is 0.0498. The number of nitrogens with one attached hydrogen (secondary N) is 2. The molecule has 0 spiro atoms. The summed E-state index contributed by atoms with van der Waals surface area (Å²) in [5, 5.41) is 10.2. The maximum Gasteiger partial charge on any atom is 0.553 e. The maximum absolute atomic E-state index is 12.8. The number of benzene rings is 2. The van der Waals surface area contributed by atoms with Crippen molar-refractivity contribution in [2.75, 3.05) is 0 Å². The van der Waals surface area contributed by atoms with Crippen molar-refractivity contribution in [2.45, 2.75) is 58.6 Å². The number of aliphatic hydroxyl groups excluding tert-OH is 1. The number of hydrogen-bond acceptors (Lipinski definition) is 6. The molecule has 4 rings (SSSR count). The SMILES string of the molecule is CC(C)(C)[B]N1C(=O)c2cc(C(=O)[NH][Al][NH]C(=O)c3ccc4c(c3)C(=O)N(C(C)(C)C)C4=O)ccc2C1O. The highest BCUT2D eigenvalue weighted by Gasteiger charge is 2.42. The molecule has 2 aliphatic rings. The Labute approximate surface area is 228 Å². The average molecular weight is 530 g/mol. The number of carbonyl (C=O) groups excluding carboxylic acids is 5. The third kappa shape index (κ3) is 5.12. The molecule has 2 radical (unpaired) electrons. The van der Waals surface area contributed by atoms with Crippen LogP contribution in [0.5, 0.6) is 0 Å². The molecule has 0 aliphatic carbocycles. The molecule has 2 aromatic carbocycles. The van der Waals surface area contributed by atoms with Gasteiger partial charge in [-0.3, -0.25) is 28.9 Å². The van der Waals surface area contributed by atoms with Gasteiger partial charge in [0.25, 0.3) is 19.2 Å². The van der Waals surface area contributed by atoms with E-state index in [1.54, 1.807) is 34.3 Å². The van der Waals surface area contributed by atoms with Crippen LogP contribution in [0.1, 0.15) is 105 Å². The summed E-state index contributed by atoms with van der Waals surface area (Å²) in [7, 11) is 1.66. The molecule has 1 atom stereocenters. The Kier molecular flexibility index (Phi) is 7.04. The van der Waals surface area contributed by atoms with E-state index in [9.17, 15) is 29.1 Å². The van der Waals surface area contributed by atoms with Crippen molar-refractivity contribution in [3.8, 4) is 0 Å². The first kappa shape index (κ1) is 27.6. The molecule has 2 aromatic rings. The first-order valence-electron chi connectivity index (χ1n) is 12.1. The topological polar surface area (TPSA) is 136 Å². The van der Waals surface area contributed by atoms with Crippen LogP contribution in [-0.2, 0) is 0 Å². The van der Waals surface area contributed by atoms with Crippen molar-refractivity contribution in [1.29, 1.82) is 0 Å². The van der Waals surface area contributed by atoms with Gasteiger partial charge in [0, 0.05) is 27.8 Å². The fraction of sp³-hybridized carbons (Fsp3) is 0.346. The molecular formula is C26H28AlBN4O6. The van der Waals surface area contributed by atoms with E-state index in [4.69, 9.17) is 0 Å². The molecule has 1 unspecified atom stereocenters. The highest BCUT2D eigenvalue weighted by Crippen LogP contribution is 2.35. The largest absolute Gasteiger partial charge is 0.553 e. The molecule has 0 saturated heterocycles. The van der Waals surface area contributed by atoms with E-state index in [1.807, 2.05) is 20.8 Å². The van der Waals surface area contributed by atoms with Crippen LogP contribution in [0.4, 0.5) is 0 Å². The normalized spacial score (nSPS) is 16.8. The number of imide groups is 1. The minimum absolute atomic E-state index is 0.166. The summed E-state index contributed by atoms with van der Waals surface area (Å²) in [5.74, 6) is -2.24. The molecule has 10 nitrogen and oxygen atoms in total. The molecule has 3 N–H and O–H groups in total. The van der Waals surface area contributed by atoms with Crippen molar-refractivity contribution in [3.63, 3.8) is 0 Å². The molecule has 5 amide bonds. The molecule has 12 heteroatoms. The predicted molar refractivity (Wildman–Crippen MR) is 140 cm³/mol.